The molecule has 0 spiro atoms. The van der Waals surface area contributed by atoms with Crippen molar-refractivity contribution in [3.05, 3.63) is 0 Å². The molecule has 1 atom stereocenters. The number of carbonyl (C=O) groups excluding carboxylic acids is 3. The van der Waals surface area contributed by atoms with Gasteiger partial charge in [-0.25, -0.2) is 0 Å². The molecule has 0 heterocycles. The maximum Gasteiger partial charge on any atom is 0.306 e. The van der Waals surface area contributed by atoms with Crippen molar-refractivity contribution in [1.29, 1.82) is 0 Å². The summed E-state index contributed by atoms with van der Waals surface area (Å²) in [6, 6.07) is 0. The molecule has 0 saturated carbocycles. The Kier molecular flexibility index (Phi) is 39.4. The molecule has 0 amide bonds. The van der Waals surface area contributed by atoms with Crippen LogP contribution in [0.25, 0.3) is 0 Å². The van der Waals surface area contributed by atoms with Gasteiger partial charge in [0.2, 0.25) is 0 Å². The number of hydrogen-bond acceptors (Lipinski definition) is 6. The highest BCUT2D eigenvalue weighted by atomic mass is 16.6. The third-order valence-electron chi connectivity index (χ3n) is 10.3. The van der Waals surface area contributed by atoms with Gasteiger partial charge in [0, 0.05) is 19.3 Å². The lowest BCUT2D eigenvalue weighted by Crippen LogP contribution is -2.30. The molecule has 308 valence electrons. The van der Waals surface area contributed by atoms with Gasteiger partial charge >= 0.3 is 17.9 Å². The van der Waals surface area contributed by atoms with Crippen LogP contribution in [0.2, 0.25) is 0 Å². The maximum absolute atomic E-state index is 12.6. The number of carbonyl (C=O) groups is 3. The summed E-state index contributed by atoms with van der Waals surface area (Å²) < 4.78 is 16.7. The van der Waals surface area contributed by atoms with Crippen LogP contribution >= 0.6 is 0 Å². The average Bonchev–Trinajstić information content (AvgIpc) is 3.12. The number of esters is 3. The second-order valence-corrected chi connectivity index (χ2v) is 16.2. The summed E-state index contributed by atoms with van der Waals surface area (Å²) >= 11 is 0. The van der Waals surface area contributed by atoms with E-state index in [4.69, 9.17) is 14.2 Å². The second-order valence-electron chi connectivity index (χ2n) is 16.2. The first-order chi connectivity index (χ1) is 25.4. The smallest absolute Gasteiger partial charge is 0.306 e. The van der Waals surface area contributed by atoms with E-state index in [-0.39, 0.29) is 31.1 Å². The van der Waals surface area contributed by atoms with Crippen molar-refractivity contribution in [3.8, 4) is 0 Å². The first-order valence-corrected chi connectivity index (χ1v) is 22.9. The zero-order chi connectivity index (χ0) is 38.2. The van der Waals surface area contributed by atoms with Gasteiger partial charge in [0.05, 0.1) is 0 Å². The molecule has 0 aromatic rings. The summed E-state index contributed by atoms with van der Waals surface area (Å²) in [4.78, 5) is 37.6. The van der Waals surface area contributed by atoms with E-state index in [9.17, 15) is 14.4 Å². The van der Waals surface area contributed by atoms with Gasteiger partial charge in [0.15, 0.2) is 6.10 Å². The first-order valence-electron chi connectivity index (χ1n) is 22.9. The Morgan fingerprint density at radius 3 is 0.942 bits per heavy atom. The Morgan fingerprint density at radius 2 is 0.635 bits per heavy atom. The fourth-order valence-electron chi connectivity index (χ4n) is 6.80. The predicted molar refractivity (Wildman–Crippen MR) is 220 cm³/mol. The summed E-state index contributed by atoms with van der Waals surface area (Å²) in [7, 11) is 0. The van der Waals surface area contributed by atoms with Crippen LogP contribution in [0.5, 0.6) is 0 Å². The van der Waals surface area contributed by atoms with Crippen molar-refractivity contribution in [2.75, 3.05) is 13.2 Å². The molecule has 0 aromatic carbocycles. The van der Waals surface area contributed by atoms with E-state index < -0.39 is 6.10 Å². The maximum atomic E-state index is 12.6. The van der Waals surface area contributed by atoms with Gasteiger partial charge in [-0.2, -0.15) is 0 Å². The fourth-order valence-corrected chi connectivity index (χ4v) is 6.80. The van der Waals surface area contributed by atoms with Crippen molar-refractivity contribution in [1.82, 2.24) is 0 Å². The summed E-state index contributed by atoms with van der Waals surface area (Å²) in [5.74, 6) is -0.102. The highest BCUT2D eigenvalue weighted by Crippen LogP contribution is 2.16. The molecule has 0 N–H and O–H groups in total. The topological polar surface area (TPSA) is 78.9 Å². The molecular formula is C46H88O6. The van der Waals surface area contributed by atoms with Crippen LogP contribution in [-0.2, 0) is 28.6 Å². The Balaban J connectivity index is 4.24. The molecule has 6 heteroatoms. The minimum absolute atomic E-state index is 0.0649. The molecule has 52 heavy (non-hydrogen) atoms. The molecule has 6 nitrogen and oxygen atoms in total. The zero-order valence-corrected chi connectivity index (χ0v) is 35.3. The molecule has 0 aromatic heterocycles. The fraction of sp³-hybridized carbons (Fsp3) is 0.935. The predicted octanol–water partition coefficient (Wildman–Crippen LogP) is 14.3. The minimum Gasteiger partial charge on any atom is -0.462 e. The normalized spacial score (nSPS) is 11.9. The van der Waals surface area contributed by atoms with Gasteiger partial charge < -0.3 is 14.2 Å². The van der Waals surface area contributed by atoms with Crippen molar-refractivity contribution in [2.45, 2.75) is 259 Å². The number of ether oxygens (including phenoxy) is 3. The molecular weight excluding hydrogens is 648 g/mol. The molecule has 0 aliphatic rings. The molecule has 0 aliphatic carbocycles. The standard InChI is InChI=1S/C46H88O6/c1-5-7-9-11-13-15-16-17-18-19-20-21-23-25-30-34-38-45(48)51-41-43(52-46(49)39-35-31-27-26-28-32-36-42(3)4)40-50-44(47)37-33-29-24-22-14-12-10-8-6-2/h42-43H,5-41H2,1-4H3/t43-/m1/s1. The summed E-state index contributed by atoms with van der Waals surface area (Å²) in [6.45, 7) is 8.91. The monoisotopic (exact) mass is 737 g/mol. The molecule has 0 bridgehead atoms. The van der Waals surface area contributed by atoms with Crippen LogP contribution in [0.3, 0.4) is 0 Å². The van der Waals surface area contributed by atoms with Gasteiger partial charge in [-0.05, 0) is 25.2 Å². The minimum atomic E-state index is -0.759. The highest BCUT2D eigenvalue weighted by Gasteiger charge is 2.19. The van der Waals surface area contributed by atoms with Crippen LogP contribution in [0.15, 0.2) is 0 Å². The quantitative estimate of drug-likeness (QED) is 0.0353. The highest BCUT2D eigenvalue weighted by molar-refractivity contribution is 5.71. The molecule has 0 rings (SSSR count). The third-order valence-corrected chi connectivity index (χ3v) is 10.3. The lowest BCUT2D eigenvalue weighted by molar-refractivity contribution is -0.167. The first kappa shape index (κ1) is 50.4. The zero-order valence-electron chi connectivity index (χ0n) is 35.3. The number of unbranched alkanes of at least 4 members (excludes halogenated alkanes) is 28. The van der Waals surface area contributed by atoms with Gasteiger partial charge in [0.25, 0.3) is 0 Å². The SMILES string of the molecule is CCCCCCCCCCCCCCCCCCC(=O)OC[C@@H](COC(=O)CCCCCCCCCCC)OC(=O)CCCCCCCCC(C)C. The Labute approximate surface area is 323 Å². The van der Waals surface area contributed by atoms with Crippen molar-refractivity contribution in [2.24, 2.45) is 5.92 Å². The Hall–Kier alpha value is -1.59. The van der Waals surface area contributed by atoms with E-state index in [1.807, 2.05) is 0 Å². The molecule has 0 fully saturated rings. The van der Waals surface area contributed by atoms with E-state index in [2.05, 4.69) is 27.7 Å². The molecule has 0 saturated heterocycles. The third kappa shape index (κ3) is 39.6. The second kappa shape index (κ2) is 40.6. The summed E-state index contributed by atoms with van der Waals surface area (Å²) in [6.07, 6.45) is 39.6. The largest absolute Gasteiger partial charge is 0.462 e. The number of rotatable bonds is 41. The van der Waals surface area contributed by atoms with E-state index in [0.29, 0.717) is 19.3 Å². The summed E-state index contributed by atoms with van der Waals surface area (Å²) in [5, 5.41) is 0. The number of hydrogen-bond donors (Lipinski definition) is 0. The van der Waals surface area contributed by atoms with Crippen LogP contribution in [-0.4, -0.2) is 37.2 Å². The van der Waals surface area contributed by atoms with E-state index >= 15 is 0 Å². The van der Waals surface area contributed by atoms with E-state index in [0.717, 1.165) is 63.7 Å². The lowest BCUT2D eigenvalue weighted by Gasteiger charge is -2.18. The molecule has 0 aliphatic heterocycles. The van der Waals surface area contributed by atoms with E-state index in [1.54, 1.807) is 0 Å². The van der Waals surface area contributed by atoms with Crippen LogP contribution < -0.4 is 0 Å². The van der Waals surface area contributed by atoms with Crippen LogP contribution in [0.4, 0.5) is 0 Å². The summed E-state index contributed by atoms with van der Waals surface area (Å²) in [5.41, 5.74) is 0. The van der Waals surface area contributed by atoms with Crippen molar-refractivity contribution < 1.29 is 28.6 Å². The average molecular weight is 737 g/mol. The van der Waals surface area contributed by atoms with Gasteiger partial charge in [-0.1, -0.05) is 214 Å². The Morgan fingerprint density at radius 1 is 0.365 bits per heavy atom. The Bertz CT molecular complexity index is 781. The van der Waals surface area contributed by atoms with Crippen LogP contribution in [0.1, 0.15) is 252 Å². The van der Waals surface area contributed by atoms with E-state index in [1.165, 1.54) is 148 Å². The lowest BCUT2D eigenvalue weighted by atomic mass is 10.0. The van der Waals surface area contributed by atoms with Crippen molar-refractivity contribution in [3.63, 3.8) is 0 Å². The van der Waals surface area contributed by atoms with Crippen LogP contribution in [0, 0.1) is 5.92 Å². The molecule has 0 radical (unpaired) electrons. The van der Waals surface area contributed by atoms with Crippen molar-refractivity contribution >= 4 is 17.9 Å². The molecule has 0 unspecified atom stereocenters. The van der Waals surface area contributed by atoms with Gasteiger partial charge in [0.1, 0.15) is 13.2 Å². The van der Waals surface area contributed by atoms with Gasteiger partial charge in [-0.3, -0.25) is 14.4 Å². The van der Waals surface area contributed by atoms with Gasteiger partial charge in [-0.15, -0.1) is 0 Å².